The van der Waals surface area contributed by atoms with Crippen LogP contribution >= 0.6 is 0 Å². The minimum Gasteiger partial charge on any atom is -0.346 e. The summed E-state index contributed by atoms with van der Waals surface area (Å²) in [5.41, 5.74) is 1.03. The molecule has 0 saturated heterocycles. The van der Waals surface area contributed by atoms with Gasteiger partial charge in [0.05, 0.1) is 25.0 Å². The molecule has 0 aliphatic heterocycles. The van der Waals surface area contributed by atoms with Crippen LogP contribution in [0.5, 0.6) is 0 Å². The summed E-state index contributed by atoms with van der Waals surface area (Å²) < 4.78 is 1.84. The zero-order valence-electron chi connectivity index (χ0n) is 12.0. The van der Waals surface area contributed by atoms with E-state index in [1.54, 1.807) is 17.2 Å². The highest BCUT2D eigenvalue weighted by Gasteiger charge is 2.16. The zero-order chi connectivity index (χ0) is 15.2. The molecule has 1 atom stereocenters. The summed E-state index contributed by atoms with van der Waals surface area (Å²) in [6.07, 6.45) is 6.99. The van der Waals surface area contributed by atoms with Crippen molar-refractivity contribution in [3.8, 4) is 0 Å². The van der Waals surface area contributed by atoms with Gasteiger partial charge in [0, 0.05) is 12.4 Å². The standard InChI is InChI=1S/C16H17N5O/c22-16(13-20-10-4-5-11-20)19-15(12-21-17-8-9-18-21)14-6-2-1-3-7-14/h1-11,15H,12-13H2,(H,19,22). The fraction of sp³-hybridized carbons (Fsp3) is 0.188. The summed E-state index contributed by atoms with van der Waals surface area (Å²) in [5, 5.41) is 11.3. The third-order valence-electron chi connectivity index (χ3n) is 3.34. The van der Waals surface area contributed by atoms with Crippen LogP contribution in [0.1, 0.15) is 11.6 Å². The molecule has 3 aromatic rings. The second-order valence-corrected chi connectivity index (χ2v) is 4.97. The van der Waals surface area contributed by atoms with E-state index in [0.717, 1.165) is 5.56 Å². The number of nitrogens with zero attached hydrogens (tertiary/aromatic N) is 4. The number of aromatic nitrogens is 4. The van der Waals surface area contributed by atoms with Crippen molar-refractivity contribution in [2.75, 3.05) is 0 Å². The third kappa shape index (κ3) is 3.60. The van der Waals surface area contributed by atoms with E-state index < -0.39 is 0 Å². The van der Waals surface area contributed by atoms with E-state index in [0.29, 0.717) is 13.1 Å². The van der Waals surface area contributed by atoms with E-state index in [-0.39, 0.29) is 11.9 Å². The van der Waals surface area contributed by atoms with E-state index in [1.165, 1.54) is 0 Å². The molecule has 22 heavy (non-hydrogen) atoms. The minimum atomic E-state index is -0.170. The summed E-state index contributed by atoms with van der Waals surface area (Å²) >= 11 is 0. The van der Waals surface area contributed by atoms with Crippen LogP contribution in [0.15, 0.2) is 67.3 Å². The molecule has 112 valence electrons. The molecule has 0 aliphatic rings. The predicted octanol–water partition coefficient (Wildman–Crippen LogP) is 1.64. The van der Waals surface area contributed by atoms with Gasteiger partial charge in [-0.25, -0.2) is 0 Å². The molecule has 3 rings (SSSR count). The Hall–Kier alpha value is -2.89. The molecule has 1 unspecified atom stereocenters. The Morgan fingerprint density at radius 3 is 2.41 bits per heavy atom. The number of rotatable bonds is 6. The number of hydrogen-bond donors (Lipinski definition) is 1. The molecule has 2 aromatic heterocycles. The first-order valence-corrected chi connectivity index (χ1v) is 7.10. The van der Waals surface area contributed by atoms with Crippen LogP contribution < -0.4 is 5.32 Å². The van der Waals surface area contributed by atoms with Crippen molar-refractivity contribution in [3.05, 3.63) is 72.8 Å². The average Bonchev–Trinajstić information content (AvgIpc) is 3.21. The second-order valence-electron chi connectivity index (χ2n) is 4.97. The maximum atomic E-state index is 12.2. The van der Waals surface area contributed by atoms with Gasteiger partial charge < -0.3 is 9.88 Å². The Balaban J connectivity index is 1.72. The number of nitrogens with one attached hydrogen (secondary N) is 1. The van der Waals surface area contributed by atoms with Crippen LogP contribution in [0.4, 0.5) is 0 Å². The first-order valence-electron chi connectivity index (χ1n) is 7.10. The number of carbonyl (C=O) groups is 1. The normalized spacial score (nSPS) is 12.0. The first-order chi connectivity index (χ1) is 10.8. The summed E-state index contributed by atoms with van der Waals surface area (Å²) in [6, 6.07) is 13.5. The van der Waals surface area contributed by atoms with Crippen LogP contribution in [-0.4, -0.2) is 25.5 Å². The van der Waals surface area contributed by atoms with Gasteiger partial charge in [0.2, 0.25) is 5.91 Å². The molecule has 0 radical (unpaired) electrons. The van der Waals surface area contributed by atoms with Crippen LogP contribution in [0, 0.1) is 0 Å². The van der Waals surface area contributed by atoms with Gasteiger partial charge in [-0.2, -0.15) is 15.0 Å². The van der Waals surface area contributed by atoms with Crippen molar-refractivity contribution in [2.24, 2.45) is 0 Å². The van der Waals surface area contributed by atoms with Gasteiger partial charge in [0.25, 0.3) is 0 Å². The molecule has 0 bridgehead atoms. The Morgan fingerprint density at radius 1 is 1.05 bits per heavy atom. The Kier molecular flexibility index (Phi) is 4.29. The molecule has 6 heteroatoms. The van der Waals surface area contributed by atoms with Crippen molar-refractivity contribution in [2.45, 2.75) is 19.1 Å². The van der Waals surface area contributed by atoms with Crippen molar-refractivity contribution in [1.82, 2.24) is 24.9 Å². The maximum absolute atomic E-state index is 12.2. The number of carbonyl (C=O) groups excluding carboxylic acids is 1. The third-order valence-corrected chi connectivity index (χ3v) is 3.34. The van der Waals surface area contributed by atoms with Crippen molar-refractivity contribution in [1.29, 1.82) is 0 Å². The SMILES string of the molecule is O=C(Cn1cccc1)NC(Cn1nccn1)c1ccccc1. The van der Waals surface area contributed by atoms with Gasteiger partial charge in [-0.05, 0) is 17.7 Å². The van der Waals surface area contributed by atoms with Crippen LogP contribution in [0.2, 0.25) is 0 Å². The lowest BCUT2D eigenvalue weighted by Crippen LogP contribution is -2.34. The fourth-order valence-electron chi connectivity index (χ4n) is 2.30. The lowest BCUT2D eigenvalue weighted by molar-refractivity contribution is -0.122. The highest BCUT2D eigenvalue weighted by Crippen LogP contribution is 2.14. The second kappa shape index (κ2) is 6.71. The Labute approximate surface area is 128 Å². The van der Waals surface area contributed by atoms with Gasteiger partial charge in [0.1, 0.15) is 6.54 Å². The Bertz CT molecular complexity index is 691. The van der Waals surface area contributed by atoms with E-state index >= 15 is 0 Å². The zero-order valence-corrected chi connectivity index (χ0v) is 12.0. The summed E-state index contributed by atoms with van der Waals surface area (Å²) in [7, 11) is 0. The summed E-state index contributed by atoms with van der Waals surface area (Å²) in [6.45, 7) is 0.789. The minimum absolute atomic E-state index is 0.0443. The van der Waals surface area contributed by atoms with Gasteiger partial charge in [-0.1, -0.05) is 30.3 Å². The van der Waals surface area contributed by atoms with Crippen LogP contribution in [-0.2, 0) is 17.9 Å². The Morgan fingerprint density at radius 2 is 1.73 bits per heavy atom. The molecule has 0 saturated carbocycles. The number of amides is 1. The monoisotopic (exact) mass is 295 g/mol. The predicted molar refractivity (Wildman–Crippen MR) is 81.8 cm³/mol. The number of hydrogen-bond acceptors (Lipinski definition) is 3. The van der Waals surface area contributed by atoms with Gasteiger partial charge in [-0.15, -0.1) is 0 Å². The molecular weight excluding hydrogens is 278 g/mol. The molecule has 0 spiro atoms. The molecule has 1 N–H and O–H groups in total. The van der Waals surface area contributed by atoms with E-state index in [2.05, 4.69) is 15.5 Å². The maximum Gasteiger partial charge on any atom is 0.240 e. The van der Waals surface area contributed by atoms with Gasteiger partial charge in [-0.3, -0.25) is 4.79 Å². The van der Waals surface area contributed by atoms with Crippen molar-refractivity contribution < 1.29 is 4.79 Å². The van der Waals surface area contributed by atoms with E-state index in [4.69, 9.17) is 0 Å². The lowest BCUT2D eigenvalue weighted by Gasteiger charge is -2.19. The van der Waals surface area contributed by atoms with Crippen LogP contribution in [0.25, 0.3) is 0 Å². The quantitative estimate of drug-likeness (QED) is 0.752. The largest absolute Gasteiger partial charge is 0.346 e. The summed E-state index contributed by atoms with van der Waals surface area (Å²) in [4.78, 5) is 13.8. The van der Waals surface area contributed by atoms with Crippen molar-refractivity contribution in [3.63, 3.8) is 0 Å². The molecule has 2 heterocycles. The van der Waals surface area contributed by atoms with Gasteiger partial charge in [0.15, 0.2) is 0 Å². The summed E-state index contributed by atoms with van der Waals surface area (Å²) in [5.74, 6) is -0.0443. The van der Waals surface area contributed by atoms with Crippen molar-refractivity contribution >= 4 is 5.91 Å². The van der Waals surface area contributed by atoms with E-state index in [9.17, 15) is 4.79 Å². The molecule has 1 amide bonds. The lowest BCUT2D eigenvalue weighted by atomic mass is 10.1. The number of benzene rings is 1. The van der Waals surface area contributed by atoms with E-state index in [1.807, 2.05) is 59.4 Å². The highest BCUT2D eigenvalue weighted by molar-refractivity contribution is 5.76. The molecular formula is C16H17N5O. The molecule has 0 aliphatic carbocycles. The highest BCUT2D eigenvalue weighted by atomic mass is 16.2. The fourth-order valence-corrected chi connectivity index (χ4v) is 2.30. The topological polar surface area (TPSA) is 64.7 Å². The first kappa shape index (κ1) is 14.1. The van der Waals surface area contributed by atoms with Gasteiger partial charge >= 0.3 is 0 Å². The molecule has 1 aromatic carbocycles. The average molecular weight is 295 g/mol. The smallest absolute Gasteiger partial charge is 0.240 e. The molecule has 0 fully saturated rings. The van der Waals surface area contributed by atoms with Crippen LogP contribution in [0.3, 0.4) is 0 Å². The molecule has 6 nitrogen and oxygen atoms in total.